The van der Waals surface area contributed by atoms with Crippen LogP contribution in [0, 0.1) is 6.92 Å². The highest BCUT2D eigenvalue weighted by Crippen LogP contribution is 2.17. The third kappa shape index (κ3) is 2.25. The van der Waals surface area contributed by atoms with Gasteiger partial charge in [0.05, 0.1) is 12.5 Å². The first-order chi connectivity index (χ1) is 6.19. The van der Waals surface area contributed by atoms with Gasteiger partial charge in [0, 0.05) is 5.56 Å². The minimum atomic E-state index is -0.434. The van der Waals surface area contributed by atoms with E-state index in [1.807, 2.05) is 0 Å². The number of esters is 1. The van der Waals surface area contributed by atoms with E-state index < -0.39 is 5.97 Å². The molecule has 0 bridgehead atoms. The molecular formula is C9H11ClO3. The van der Waals surface area contributed by atoms with Gasteiger partial charge in [-0.25, -0.2) is 4.79 Å². The lowest BCUT2D eigenvalue weighted by atomic mass is 10.3. The van der Waals surface area contributed by atoms with Crippen LogP contribution < -0.4 is 0 Å². The van der Waals surface area contributed by atoms with E-state index in [1.54, 1.807) is 19.9 Å². The maximum Gasteiger partial charge on any atom is 0.374 e. The number of aryl methyl sites for hydroxylation is 1. The maximum absolute atomic E-state index is 11.2. The Bertz CT molecular complexity index is 304. The van der Waals surface area contributed by atoms with E-state index >= 15 is 0 Å². The average molecular weight is 203 g/mol. The van der Waals surface area contributed by atoms with Crippen molar-refractivity contribution < 1.29 is 13.9 Å². The Morgan fingerprint density at radius 1 is 1.69 bits per heavy atom. The molecule has 0 atom stereocenters. The third-order valence-electron chi connectivity index (χ3n) is 1.56. The number of rotatable bonds is 3. The van der Waals surface area contributed by atoms with Crippen molar-refractivity contribution in [3.8, 4) is 0 Å². The van der Waals surface area contributed by atoms with E-state index in [-0.39, 0.29) is 11.6 Å². The topological polar surface area (TPSA) is 39.4 Å². The molecule has 1 aromatic rings. The largest absolute Gasteiger partial charge is 0.460 e. The lowest BCUT2D eigenvalue weighted by Crippen LogP contribution is -2.04. The normalized spacial score (nSPS) is 10.1. The number of hydrogen-bond acceptors (Lipinski definition) is 3. The minimum absolute atomic E-state index is 0.248. The van der Waals surface area contributed by atoms with Crippen LogP contribution >= 0.6 is 11.6 Å². The number of halogens is 1. The summed E-state index contributed by atoms with van der Waals surface area (Å²) in [5, 5.41) is 0. The molecule has 0 aliphatic heterocycles. The molecule has 13 heavy (non-hydrogen) atoms. The fourth-order valence-corrected chi connectivity index (χ4v) is 1.14. The first-order valence-electron chi connectivity index (χ1n) is 4.01. The number of carbonyl (C=O) groups is 1. The smallest absolute Gasteiger partial charge is 0.374 e. The predicted molar refractivity (Wildman–Crippen MR) is 49.0 cm³/mol. The lowest BCUT2D eigenvalue weighted by Gasteiger charge is -1.97. The molecule has 0 aliphatic carbocycles. The van der Waals surface area contributed by atoms with E-state index in [9.17, 15) is 4.79 Å². The van der Waals surface area contributed by atoms with Gasteiger partial charge in [0.2, 0.25) is 5.76 Å². The highest BCUT2D eigenvalue weighted by Gasteiger charge is 2.15. The number of hydrogen-bond donors (Lipinski definition) is 0. The average Bonchev–Trinajstić information content (AvgIpc) is 2.47. The van der Waals surface area contributed by atoms with Crippen LogP contribution in [0.25, 0.3) is 0 Å². The SMILES string of the molecule is CCOC(=O)c1oc(CCl)cc1C. The van der Waals surface area contributed by atoms with Crippen LogP contribution in [-0.2, 0) is 10.6 Å². The molecule has 0 spiro atoms. The van der Waals surface area contributed by atoms with Gasteiger partial charge in [-0.15, -0.1) is 11.6 Å². The predicted octanol–water partition coefficient (Wildman–Crippen LogP) is 2.50. The van der Waals surface area contributed by atoms with Gasteiger partial charge in [-0.1, -0.05) is 0 Å². The second kappa shape index (κ2) is 4.33. The summed E-state index contributed by atoms with van der Waals surface area (Å²) in [7, 11) is 0. The van der Waals surface area contributed by atoms with Crippen molar-refractivity contribution in [3.63, 3.8) is 0 Å². The van der Waals surface area contributed by atoms with Crippen molar-refractivity contribution in [1.29, 1.82) is 0 Å². The standard InChI is InChI=1S/C9H11ClO3/c1-3-12-9(11)8-6(2)4-7(5-10)13-8/h4H,3,5H2,1-2H3. The van der Waals surface area contributed by atoms with Crippen LogP contribution in [0.2, 0.25) is 0 Å². The zero-order valence-corrected chi connectivity index (χ0v) is 8.35. The van der Waals surface area contributed by atoms with Gasteiger partial charge in [-0.2, -0.15) is 0 Å². The summed E-state index contributed by atoms with van der Waals surface area (Å²) in [6, 6.07) is 1.74. The summed E-state index contributed by atoms with van der Waals surface area (Å²) in [5.74, 6) is 0.663. The Hall–Kier alpha value is -0.960. The Kier molecular flexibility index (Phi) is 3.37. The maximum atomic E-state index is 11.2. The summed E-state index contributed by atoms with van der Waals surface area (Å²) in [4.78, 5) is 11.2. The summed E-state index contributed by atoms with van der Waals surface area (Å²) in [5.41, 5.74) is 0.758. The number of furan rings is 1. The molecule has 0 unspecified atom stereocenters. The van der Waals surface area contributed by atoms with E-state index in [4.69, 9.17) is 20.8 Å². The molecule has 3 nitrogen and oxygen atoms in total. The van der Waals surface area contributed by atoms with Gasteiger partial charge in [0.1, 0.15) is 5.76 Å². The second-order valence-electron chi connectivity index (χ2n) is 2.58. The molecular weight excluding hydrogens is 192 g/mol. The quantitative estimate of drug-likeness (QED) is 0.559. The molecule has 1 aromatic heterocycles. The fraction of sp³-hybridized carbons (Fsp3) is 0.444. The first-order valence-corrected chi connectivity index (χ1v) is 4.54. The molecule has 0 saturated carbocycles. The molecule has 0 saturated heterocycles. The van der Waals surface area contributed by atoms with Crippen molar-refractivity contribution in [2.75, 3.05) is 6.61 Å². The van der Waals surface area contributed by atoms with E-state index in [0.29, 0.717) is 12.4 Å². The highest BCUT2D eigenvalue weighted by molar-refractivity contribution is 6.16. The van der Waals surface area contributed by atoms with E-state index in [0.717, 1.165) is 5.56 Å². The van der Waals surface area contributed by atoms with Crippen LogP contribution in [-0.4, -0.2) is 12.6 Å². The van der Waals surface area contributed by atoms with Crippen molar-refractivity contribution in [3.05, 3.63) is 23.2 Å². The van der Waals surface area contributed by atoms with Gasteiger partial charge < -0.3 is 9.15 Å². The Labute approximate surface area is 81.6 Å². The van der Waals surface area contributed by atoms with Crippen LogP contribution in [0.1, 0.15) is 28.8 Å². The molecule has 0 N–H and O–H groups in total. The van der Waals surface area contributed by atoms with Gasteiger partial charge >= 0.3 is 5.97 Å². The Balaban J connectivity index is 2.87. The summed E-state index contributed by atoms with van der Waals surface area (Å²) < 4.78 is 9.96. The van der Waals surface area contributed by atoms with Crippen molar-refractivity contribution in [2.45, 2.75) is 19.7 Å². The minimum Gasteiger partial charge on any atom is -0.460 e. The van der Waals surface area contributed by atoms with E-state index in [1.165, 1.54) is 0 Å². The number of alkyl halides is 1. The van der Waals surface area contributed by atoms with Crippen molar-refractivity contribution in [2.24, 2.45) is 0 Å². The van der Waals surface area contributed by atoms with Crippen molar-refractivity contribution in [1.82, 2.24) is 0 Å². The lowest BCUT2D eigenvalue weighted by molar-refractivity contribution is 0.0487. The second-order valence-corrected chi connectivity index (χ2v) is 2.85. The highest BCUT2D eigenvalue weighted by atomic mass is 35.5. The van der Waals surface area contributed by atoms with Gasteiger partial charge in [0.25, 0.3) is 0 Å². The molecule has 1 rings (SSSR count). The first kappa shape index (κ1) is 10.1. The van der Waals surface area contributed by atoms with Crippen LogP contribution in [0.15, 0.2) is 10.5 Å². The zero-order valence-electron chi connectivity index (χ0n) is 7.59. The molecule has 0 amide bonds. The van der Waals surface area contributed by atoms with Crippen LogP contribution in [0.3, 0.4) is 0 Å². The van der Waals surface area contributed by atoms with Gasteiger partial charge in [-0.3, -0.25) is 0 Å². The summed E-state index contributed by atoms with van der Waals surface area (Å²) in [6.45, 7) is 3.87. The van der Waals surface area contributed by atoms with E-state index in [2.05, 4.69) is 0 Å². The third-order valence-corrected chi connectivity index (χ3v) is 1.82. The summed E-state index contributed by atoms with van der Waals surface area (Å²) in [6.07, 6.45) is 0. The van der Waals surface area contributed by atoms with Crippen LogP contribution in [0.4, 0.5) is 0 Å². The van der Waals surface area contributed by atoms with Crippen molar-refractivity contribution >= 4 is 17.6 Å². The molecule has 0 aliphatic rings. The van der Waals surface area contributed by atoms with Crippen LogP contribution in [0.5, 0.6) is 0 Å². The molecule has 4 heteroatoms. The molecule has 1 heterocycles. The molecule has 0 aromatic carbocycles. The Morgan fingerprint density at radius 2 is 2.38 bits per heavy atom. The monoisotopic (exact) mass is 202 g/mol. The Morgan fingerprint density at radius 3 is 2.85 bits per heavy atom. The zero-order chi connectivity index (χ0) is 9.84. The van der Waals surface area contributed by atoms with Gasteiger partial charge in [-0.05, 0) is 19.9 Å². The molecule has 0 fully saturated rings. The molecule has 0 radical (unpaired) electrons. The number of ether oxygens (including phenoxy) is 1. The fourth-order valence-electron chi connectivity index (χ4n) is 1.01. The number of carbonyl (C=O) groups excluding carboxylic acids is 1. The van der Waals surface area contributed by atoms with Gasteiger partial charge in [0.15, 0.2) is 0 Å². The summed E-state index contributed by atoms with van der Waals surface area (Å²) >= 11 is 5.55. The molecule has 72 valence electrons.